The zero-order valence-corrected chi connectivity index (χ0v) is 13.1. The van der Waals surface area contributed by atoms with E-state index in [4.69, 9.17) is 0 Å². The Hall–Kier alpha value is -1.19. The summed E-state index contributed by atoms with van der Waals surface area (Å²) in [7, 11) is 0. The van der Waals surface area contributed by atoms with E-state index in [1.807, 2.05) is 5.38 Å². The van der Waals surface area contributed by atoms with Gasteiger partial charge < -0.3 is 10.2 Å². The second-order valence-electron chi connectivity index (χ2n) is 4.22. The summed E-state index contributed by atoms with van der Waals surface area (Å²) < 4.78 is 0.834. The molecule has 1 N–H and O–H groups in total. The molecule has 0 spiro atoms. The molecular formula is C11H13N5OS3. The summed E-state index contributed by atoms with van der Waals surface area (Å²) in [4.78, 5) is 18.0. The predicted molar refractivity (Wildman–Crippen MR) is 82.8 cm³/mol. The number of hydrogen-bond donors (Lipinski definition) is 1. The summed E-state index contributed by atoms with van der Waals surface area (Å²) in [6.07, 6.45) is 4.11. The number of anilines is 2. The number of hydrogen-bond acceptors (Lipinski definition) is 8. The molecule has 3 rings (SSSR count). The van der Waals surface area contributed by atoms with E-state index in [9.17, 15) is 4.79 Å². The average Bonchev–Trinajstić information content (AvgIpc) is 3.18. The van der Waals surface area contributed by atoms with Crippen molar-refractivity contribution in [3.8, 4) is 0 Å². The number of carbonyl (C=O) groups is 1. The van der Waals surface area contributed by atoms with Crippen LogP contribution < -0.4 is 10.2 Å². The number of rotatable bonds is 5. The lowest BCUT2D eigenvalue weighted by Gasteiger charge is -2.10. The smallest absolute Gasteiger partial charge is 0.236 e. The van der Waals surface area contributed by atoms with E-state index < -0.39 is 0 Å². The highest BCUT2D eigenvalue weighted by atomic mass is 32.2. The highest BCUT2D eigenvalue weighted by Crippen LogP contribution is 2.29. The number of thiazole rings is 1. The van der Waals surface area contributed by atoms with Gasteiger partial charge in [-0.05, 0) is 12.8 Å². The van der Waals surface area contributed by atoms with Gasteiger partial charge in [-0.15, -0.1) is 21.5 Å². The summed E-state index contributed by atoms with van der Waals surface area (Å²) in [6, 6.07) is 0. The van der Waals surface area contributed by atoms with Crippen molar-refractivity contribution in [2.75, 3.05) is 29.1 Å². The van der Waals surface area contributed by atoms with Gasteiger partial charge in [0.2, 0.25) is 11.0 Å². The second kappa shape index (κ2) is 6.51. The molecule has 2 aromatic heterocycles. The van der Waals surface area contributed by atoms with Gasteiger partial charge in [0, 0.05) is 24.7 Å². The minimum atomic E-state index is -0.0668. The van der Waals surface area contributed by atoms with Crippen LogP contribution in [0.1, 0.15) is 12.8 Å². The van der Waals surface area contributed by atoms with Crippen molar-refractivity contribution in [1.82, 2.24) is 15.2 Å². The van der Waals surface area contributed by atoms with Crippen molar-refractivity contribution in [1.29, 1.82) is 0 Å². The summed E-state index contributed by atoms with van der Waals surface area (Å²) in [5, 5.41) is 14.5. The van der Waals surface area contributed by atoms with E-state index in [1.54, 1.807) is 17.5 Å². The number of nitrogens with one attached hydrogen (secondary N) is 1. The Morgan fingerprint density at radius 2 is 2.25 bits per heavy atom. The number of aromatic nitrogens is 3. The van der Waals surface area contributed by atoms with Crippen LogP contribution in [-0.2, 0) is 4.79 Å². The maximum Gasteiger partial charge on any atom is 0.236 e. The molecule has 1 saturated heterocycles. The Bertz CT molecular complexity index is 564. The minimum Gasteiger partial charge on any atom is -0.347 e. The van der Waals surface area contributed by atoms with Gasteiger partial charge in [-0.2, -0.15) is 0 Å². The summed E-state index contributed by atoms with van der Waals surface area (Å²) in [6.45, 7) is 2.12. The van der Waals surface area contributed by atoms with Gasteiger partial charge in [-0.1, -0.05) is 23.1 Å². The number of thioether (sulfide) groups is 1. The largest absolute Gasteiger partial charge is 0.347 e. The van der Waals surface area contributed by atoms with E-state index in [-0.39, 0.29) is 5.91 Å². The average molecular weight is 327 g/mol. The summed E-state index contributed by atoms with van der Waals surface area (Å²) in [5.74, 6) is 0.261. The predicted octanol–water partition coefficient (Wildman–Crippen LogP) is 2.33. The Kier molecular flexibility index (Phi) is 4.48. The van der Waals surface area contributed by atoms with Crippen LogP contribution in [0.5, 0.6) is 0 Å². The molecule has 2 aromatic rings. The van der Waals surface area contributed by atoms with Gasteiger partial charge in [0.25, 0.3) is 0 Å². The van der Waals surface area contributed by atoms with E-state index in [0.29, 0.717) is 10.9 Å². The number of carbonyl (C=O) groups excluding carboxylic acids is 1. The molecule has 9 heteroatoms. The maximum absolute atomic E-state index is 11.7. The summed E-state index contributed by atoms with van der Waals surface area (Å²) in [5.41, 5.74) is 0. The van der Waals surface area contributed by atoms with E-state index in [2.05, 4.69) is 25.4 Å². The van der Waals surface area contributed by atoms with Gasteiger partial charge in [0.15, 0.2) is 9.47 Å². The van der Waals surface area contributed by atoms with E-state index in [1.165, 1.54) is 35.9 Å². The van der Waals surface area contributed by atoms with E-state index >= 15 is 0 Å². The van der Waals surface area contributed by atoms with Crippen LogP contribution >= 0.6 is 34.4 Å². The van der Waals surface area contributed by atoms with Crippen molar-refractivity contribution in [2.45, 2.75) is 17.2 Å². The zero-order valence-electron chi connectivity index (χ0n) is 10.6. The topological polar surface area (TPSA) is 71.0 Å². The van der Waals surface area contributed by atoms with Crippen LogP contribution in [-0.4, -0.2) is 39.9 Å². The maximum atomic E-state index is 11.7. The monoisotopic (exact) mass is 327 g/mol. The van der Waals surface area contributed by atoms with Crippen LogP contribution in [0.2, 0.25) is 0 Å². The second-order valence-corrected chi connectivity index (χ2v) is 7.29. The van der Waals surface area contributed by atoms with Gasteiger partial charge >= 0.3 is 0 Å². The van der Waals surface area contributed by atoms with Crippen LogP contribution in [0.3, 0.4) is 0 Å². The zero-order chi connectivity index (χ0) is 13.8. The minimum absolute atomic E-state index is 0.0668. The highest BCUT2D eigenvalue weighted by Gasteiger charge is 2.17. The lowest BCUT2D eigenvalue weighted by molar-refractivity contribution is -0.113. The van der Waals surface area contributed by atoms with Crippen LogP contribution in [0, 0.1) is 0 Å². The van der Waals surface area contributed by atoms with Crippen molar-refractivity contribution in [2.24, 2.45) is 0 Å². The fourth-order valence-electron chi connectivity index (χ4n) is 1.86. The molecule has 0 saturated carbocycles. The van der Waals surface area contributed by atoms with Crippen molar-refractivity contribution < 1.29 is 4.79 Å². The third-order valence-corrected chi connectivity index (χ3v) is 5.58. The van der Waals surface area contributed by atoms with Gasteiger partial charge in [0.1, 0.15) is 0 Å². The Morgan fingerprint density at radius 3 is 3.00 bits per heavy atom. The third kappa shape index (κ3) is 3.47. The summed E-state index contributed by atoms with van der Waals surface area (Å²) >= 11 is 4.38. The van der Waals surface area contributed by atoms with Crippen molar-refractivity contribution in [3.63, 3.8) is 0 Å². The van der Waals surface area contributed by atoms with Gasteiger partial charge in [-0.25, -0.2) is 4.98 Å². The molecular weight excluding hydrogens is 314 g/mol. The molecule has 6 nitrogen and oxygen atoms in total. The van der Waals surface area contributed by atoms with Crippen LogP contribution in [0.4, 0.5) is 10.3 Å². The number of nitrogens with zero attached hydrogens (tertiary/aromatic N) is 4. The molecule has 1 amide bonds. The van der Waals surface area contributed by atoms with Crippen molar-refractivity contribution >= 4 is 50.6 Å². The van der Waals surface area contributed by atoms with E-state index in [0.717, 1.165) is 22.6 Å². The lowest BCUT2D eigenvalue weighted by Crippen LogP contribution is -2.17. The molecule has 20 heavy (non-hydrogen) atoms. The van der Waals surface area contributed by atoms with Gasteiger partial charge in [-0.3, -0.25) is 4.79 Å². The Labute approximate surface area is 128 Å². The molecule has 1 aliphatic rings. The normalized spacial score (nSPS) is 14.7. The highest BCUT2D eigenvalue weighted by molar-refractivity contribution is 8.01. The Balaban J connectivity index is 1.49. The Morgan fingerprint density at radius 1 is 1.40 bits per heavy atom. The molecule has 0 unspecified atom stereocenters. The molecule has 3 heterocycles. The molecule has 106 valence electrons. The molecule has 0 aliphatic carbocycles. The molecule has 1 aliphatic heterocycles. The standard InChI is InChI=1S/C11H13N5OS3/c17-8(13-9-12-3-6-18-9)7-19-11-15-14-10(20-11)16-4-1-2-5-16/h3,6H,1-2,4-5,7H2,(H,12,13,17). The SMILES string of the molecule is O=C(CSc1nnc(N2CCCC2)s1)Nc1nccs1. The molecule has 0 bridgehead atoms. The van der Waals surface area contributed by atoms with Crippen LogP contribution in [0.25, 0.3) is 0 Å². The van der Waals surface area contributed by atoms with Crippen molar-refractivity contribution in [3.05, 3.63) is 11.6 Å². The fraction of sp³-hybridized carbons (Fsp3) is 0.455. The van der Waals surface area contributed by atoms with Gasteiger partial charge in [0.05, 0.1) is 5.75 Å². The molecule has 0 atom stereocenters. The number of amides is 1. The molecule has 0 radical (unpaired) electrons. The fourth-order valence-corrected chi connectivity index (χ4v) is 4.10. The van der Waals surface area contributed by atoms with Crippen LogP contribution in [0.15, 0.2) is 15.9 Å². The first-order chi connectivity index (χ1) is 9.81. The first-order valence-corrected chi connectivity index (χ1v) is 8.90. The first-order valence-electron chi connectivity index (χ1n) is 6.22. The quantitative estimate of drug-likeness (QED) is 0.850. The molecule has 1 fully saturated rings. The first kappa shape index (κ1) is 13.8. The molecule has 0 aromatic carbocycles. The lowest BCUT2D eigenvalue weighted by atomic mass is 10.4. The third-order valence-electron chi connectivity index (χ3n) is 2.78.